The first-order chi connectivity index (χ1) is 9.17. The van der Waals surface area contributed by atoms with Gasteiger partial charge in [0.1, 0.15) is 0 Å². The number of ether oxygens (including phenoxy) is 3. The predicted octanol–water partition coefficient (Wildman–Crippen LogP) is 1.74. The molecule has 6 nitrogen and oxygen atoms in total. The lowest BCUT2D eigenvalue weighted by molar-refractivity contribution is -0.134. The molecule has 0 atom stereocenters. The van der Waals surface area contributed by atoms with Gasteiger partial charge >= 0.3 is 12.1 Å². The van der Waals surface area contributed by atoms with E-state index >= 15 is 0 Å². The lowest BCUT2D eigenvalue weighted by atomic mass is 10.3. The van der Waals surface area contributed by atoms with Crippen LogP contribution in [-0.2, 0) is 9.53 Å². The number of methoxy groups -OCH3 is 1. The fraction of sp³-hybridized carbons (Fsp3) is 0.385. The van der Waals surface area contributed by atoms with E-state index < -0.39 is 12.1 Å². The van der Waals surface area contributed by atoms with E-state index in [2.05, 4.69) is 5.32 Å². The normalized spacial score (nSPS) is 9.79. The average Bonchev–Trinajstić information content (AvgIpc) is 2.41. The topological polar surface area (TPSA) is 73.9 Å². The molecule has 0 saturated heterocycles. The van der Waals surface area contributed by atoms with Gasteiger partial charge in [-0.25, -0.2) is 4.79 Å². The summed E-state index contributed by atoms with van der Waals surface area (Å²) in [7, 11) is 1.53. The molecule has 0 aliphatic rings. The summed E-state index contributed by atoms with van der Waals surface area (Å²) in [5, 5.41) is 2.50. The van der Waals surface area contributed by atoms with Crippen molar-refractivity contribution in [3.8, 4) is 11.5 Å². The highest BCUT2D eigenvalue weighted by Gasteiger charge is 2.11. The standard InChI is InChI=1S/C13H17NO5/c1-3-12(15)18-10-6-4-5-7-11(10)19-13(16)14-8-9-17-2/h4-7H,3,8-9H2,1-2H3,(H,14,16). The second-order valence-electron chi connectivity index (χ2n) is 3.58. The molecule has 1 aromatic rings. The summed E-state index contributed by atoms with van der Waals surface area (Å²) >= 11 is 0. The van der Waals surface area contributed by atoms with Gasteiger partial charge in [-0.15, -0.1) is 0 Å². The van der Waals surface area contributed by atoms with Crippen LogP contribution in [0.25, 0.3) is 0 Å². The first-order valence-electron chi connectivity index (χ1n) is 5.91. The van der Waals surface area contributed by atoms with Gasteiger partial charge in [0.15, 0.2) is 11.5 Å². The van der Waals surface area contributed by atoms with Crippen molar-refractivity contribution in [1.82, 2.24) is 5.32 Å². The zero-order chi connectivity index (χ0) is 14.1. The summed E-state index contributed by atoms with van der Waals surface area (Å²) in [6.45, 7) is 2.41. The van der Waals surface area contributed by atoms with Crippen LogP contribution in [0.15, 0.2) is 24.3 Å². The van der Waals surface area contributed by atoms with Crippen molar-refractivity contribution in [3.05, 3.63) is 24.3 Å². The Morgan fingerprint density at radius 2 is 1.79 bits per heavy atom. The van der Waals surface area contributed by atoms with Gasteiger partial charge < -0.3 is 19.5 Å². The number of hydrogen-bond donors (Lipinski definition) is 1. The van der Waals surface area contributed by atoms with Crippen LogP contribution in [0.2, 0.25) is 0 Å². The van der Waals surface area contributed by atoms with Gasteiger partial charge in [0, 0.05) is 20.1 Å². The van der Waals surface area contributed by atoms with Crippen LogP contribution in [0.5, 0.6) is 11.5 Å². The van der Waals surface area contributed by atoms with Crippen LogP contribution < -0.4 is 14.8 Å². The number of carbonyl (C=O) groups excluding carboxylic acids is 2. The van der Waals surface area contributed by atoms with Crippen molar-refractivity contribution in [2.45, 2.75) is 13.3 Å². The molecule has 0 radical (unpaired) electrons. The number of hydrogen-bond acceptors (Lipinski definition) is 5. The molecule has 0 unspecified atom stereocenters. The van der Waals surface area contributed by atoms with E-state index in [9.17, 15) is 9.59 Å². The first kappa shape index (κ1) is 15.0. The highest BCUT2D eigenvalue weighted by Crippen LogP contribution is 2.26. The molecule has 0 aromatic heterocycles. The van der Waals surface area contributed by atoms with Gasteiger partial charge in [0.2, 0.25) is 0 Å². The lowest BCUT2D eigenvalue weighted by Crippen LogP contribution is -2.30. The Labute approximate surface area is 111 Å². The summed E-state index contributed by atoms with van der Waals surface area (Å²) in [6.07, 6.45) is -0.383. The molecule has 0 bridgehead atoms. The molecule has 1 aromatic carbocycles. The number of para-hydroxylation sites is 2. The van der Waals surface area contributed by atoms with Crippen LogP contribution >= 0.6 is 0 Å². The zero-order valence-corrected chi connectivity index (χ0v) is 11.0. The van der Waals surface area contributed by atoms with E-state index in [1.165, 1.54) is 7.11 Å². The minimum Gasteiger partial charge on any atom is -0.423 e. The smallest absolute Gasteiger partial charge is 0.412 e. The molecule has 1 amide bonds. The van der Waals surface area contributed by atoms with E-state index in [0.29, 0.717) is 13.2 Å². The van der Waals surface area contributed by atoms with Gasteiger partial charge in [0.25, 0.3) is 0 Å². The SMILES string of the molecule is CCC(=O)Oc1ccccc1OC(=O)NCCOC. The number of esters is 1. The van der Waals surface area contributed by atoms with Crippen molar-refractivity contribution in [2.24, 2.45) is 0 Å². The molecular formula is C13H17NO5. The second-order valence-corrected chi connectivity index (χ2v) is 3.58. The van der Waals surface area contributed by atoms with Crippen molar-refractivity contribution < 1.29 is 23.8 Å². The Morgan fingerprint density at radius 1 is 1.16 bits per heavy atom. The third kappa shape index (κ3) is 5.39. The molecule has 1 N–H and O–H groups in total. The van der Waals surface area contributed by atoms with Crippen LogP contribution in [0.3, 0.4) is 0 Å². The molecule has 0 saturated carbocycles. The van der Waals surface area contributed by atoms with E-state index in [1.54, 1.807) is 31.2 Å². The molecular weight excluding hydrogens is 250 g/mol. The highest BCUT2D eigenvalue weighted by atomic mass is 16.6. The third-order valence-corrected chi connectivity index (χ3v) is 2.14. The summed E-state index contributed by atoms with van der Waals surface area (Å²) in [5.41, 5.74) is 0. The number of benzene rings is 1. The van der Waals surface area contributed by atoms with E-state index in [-0.39, 0.29) is 17.9 Å². The maximum atomic E-state index is 11.5. The average molecular weight is 267 g/mol. The monoisotopic (exact) mass is 267 g/mol. The molecule has 6 heteroatoms. The quantitative estimate of drug-likeness (QED) is 0.483. The molecule has 0 spiro atoms. The Bertz CT molecular complexity index is 433. The maximum absolute atomic E-state index is 11.5. The van der Waals surface area contributed by atoms with Crippen molar-refractivity contribution in [3.63, 3.8) is 0 Å². The van der Waals surface area contributed by atoms with E-state index in [0.717, 1.165) is 0 Å². The molecule has 0 heterocycles. The summed E-state index contributed by atoms with van der Waals surface area (Å²) in [4.78, 5) is 22.7. The van der Waals surface area contributed by atoms with Crippen LogP contribution in [0, 0.1) is 0 Å². The number of rotatable bonds is 6. The molecule has 19 heavy (non-hydrogen) atoms. The molecule has 0 aliphatic heterocycles. The summed E-state index contributed by atoms with van der Waals surface area (Å²) in [6, 6.07) is 6.48. The molecule has 0 aliphatic carbocycles. The second kappa shape index (κ2) is 8.10. The fourth-order valence-corrected chi connectivity index (χ4v) is 1.20. The largest absolute Gasteiger partial charge is 0.423 e. The van der Waals surface area contributed by atoms with Crippen LogP contribution in [0.1, 0.15) is 13.3 Å². The minimum atomic E-state index is -0.628. The summed E-state index contributed by atoms with van der Waals surface area (Å²) in [5.74, 6) is 0.0197. The Morgan fingerprint density at radius 3 is 2.37 bits per heavy atom. The van der Waals surface area contributed by atoms with E-state index in [1.807, 2.05) is 0 Å². The maximum Gasteiger partial charge on any atom is 0.412 e. The van der Waals surface area contributed by atoms with Crippen molar-refractivity contribution in [1.29, 1.82) is 0 Å². The number of amides is 1. The van der Waals surface area contributed by atoms with Crippen molar-refractivity contribution >= 4 is 12.1 Å². The first-order valence-corrected chi connectivity index (χ1v) is 5.91. The molecule has 0 fully saturated rings. The third-order valence-electron chi connectivity index (χ3n) is 2.14. The van der Waals surface area contributed by atoms with Gasteiger partial charge in [0.05, 0.1) is 6.61 Å². The number of carbonyl (C=O) groups is 2. The molecule has 104 valence electrons. The fourth-order valence-electron chi connectivity index (χ4n) is 1.20. The summed E-state index contributed by atoms with van der Waals surface area (Å²) < 4.78 is 14.9. The van der Waals surface area contributed by atoms with Crippen molar-refractivity contribution in [2.75, 3.05) is 20.3 Å². The van der Waals surface area contributed by atoms with Gasteiger partial charge in [-0.1, -0.05) is 19.1 Å². The Hall–Kier alpha value is -2.08. The Kier molecular flexibility index (Phi) is 6.38. The van der Waals surface area contributed by atoms with Crippen LogP contribution in [0.4, 0.5) is 4.79 Å². The Balaban J connectivity index is 2.61. The number of nitrogens with one attached hydrogen (secondary N) is 1. The van der Waals surface area contributed by atoms with Crippen LogP contribution in [-0.4, -0.2) is 32.3 Å². The van der Waals surface area contributed by atoms with Gasteiger partial charge in [-0.3, -0.25) is 4.79 Å². The predicted molar refractivity (Wildman–Crippen MR) is 68.3 cm³/mol. The minimum absolute atomic E-state index is 0.194. The van der Waals surface area contributed by atoms with Gasteiger partial charge in [-0.05, 0) is 12.1 Å². The van der Waals surface area contributed by atoms with Gasteiger partial charge in [-0.2, -0.15) is 0 Å². The zero-order valence-electron chi connectivity index (χ0n) is 11.0. The van der Waals surface area contributed by atoms with E-state index in [4.69, 9.17) is 14.2 Å². The lowest BCUT2D eigenvalue weighted by Gasteiger charge is -2.10. The molecule has 1 rings (SSSR count). The highest BCUT2D eigenvalue weighted by molar-refractivity contribution is 5.75.